The van der Waals surface area contributed by atoms with Gasteiger partial charge in [-0.3, -0.25) is 9.69 Å². The normalized spacial score (nSPS) is 32.5. The van der Waals surface area contributed by atoms with E-state index in [1.54, 1.807) is 6.92 Å². The molecule has 6 heteroatoms. The van der Waals surface area contributed by atoms with Crippen molar-refractivity contribution in [2.45, 2.75) is 52.2 Å². The minimum absolute atomic E-state index is 0.0176. The fraction of sp³-hybridized carbons (Fsp3) is 0.667. The summed E-state index contributed by atoms with van der Waals surface area (Å²) in [5.74, 6) is 0.639. The summed E-state index contributed by atoms with van der Waals surface area (Å²) in [6.07, 6.45) is 1.17. The van der Waals surface area contributed by atoms with Gasteiger partial charge < -0.3 is 10.5 Å². The van der Waals surface area contributed by atoms with Gasteiger partial charge in [0.2, 0.25) is 11.8 Å². The molecule has 2 N–H and O–H groups in total. The Morgan fingerprint density at radius 1 is 1.38 bits per heavy atom. The van der Waals surface area contributed by atoms with Crippen molar-refractivity contribution in [3.8, 4) is 5.88 Å². The van der Waals surface area contributed by atoms with Crippen molar-refractivity contribution in [2.75, 3.05) is 6.61 Å². The molecular weight excluding hydrogens is 309 g/mol. The third-order valence-electron chi connectivity index (χ3n) is 5.71. The quantitative estimate of drug-likeness (QED) is 0.895. The first-order valence-corrected chi connectivity index (χ1v) is 8.48. The standard InChI is InChI=1S/C18H26FN3O2/c1-9-6-12(19)7-21-17(9)24-8-18(4,5)22-10(2)13-14(11(22)3)15(13)16(20)23/h6-7,10-11,13-15H,8H2,1-5H3,(H2,20,23). The van der Waals surface area contributed by atoms with Crippen molar-refractivity contribution in [3.63, 3.8) is 0 Å². The van der Waals surface area contributed by atoms with Gasteiger partial charge in [-0.05, 0) is 52.5 Å². The molecule has 2 heterocycles. The number of rotatable bonds is 5. The summed E-state index contributed by atoms with van der Waals surface area (Å²) >= 11 is 0. The van der Waals surface area contributed by atoms with E-state index in [9.17, 15) is 9.18 Å². The molecule has 4 atom stereocenters. The first kappa shape index (κ1) is 17.1. The van der Waals surface area contributed by atoms with Crippen molar-refractivity contribution in [1.82, 2.24) is 9.88 Å². The number of halogens is 1. The number of primary amides is 1. The molecule has 3 rings (SSSR count). The molecule has 0 aromatic carbocycles. The zero-order valence-electron chi connectivity index (χ0n) is 14.9. The fourth-order valence-corrected chi connectivity index (χ4v) is 4.82. The summed E-state index contributed by atoms with van der Waals surface area (Å²) in [5.41, 5.74) is 5.97. The fourth-order valence-electron chi connectivity index (χ4n) is 4.82. The number of ether oxygens (including phenoxy) is 1. The van der Waals surface area contributed by atoms with Gasteiger partial charge in [-0.15, -0.1) is 0 Å². The predicted octanol–water partition coefficient (Wildman–Crippen LogP) is 2.13. The number of nitrogens with two attached hydrogens (primary N) is 1. The van der Waals surface area contributed by atoms with E-state index in [0.717, 1.165) is 0 Å². The van der Waals surface area contributed by atoms with Crippen molar-refractivity contribution in [3.05, 3.63) is 23.6 Å². The molecule has 1 aromatic heterocycles. The molecule has 0 radical (unpaired) electrons. The third kappa shape index (κ3) is 2.66. The van der Waals surface area contributed by atoms with Crippen LogP contribution in [0.1, 0.15) is 33.3 Å². The number of carbonyl (C=O) groups is 1. The molecule has 2 aliphatic rings. The number of amides is 1. The highest BCUT2D eigenvalue weighted by atomic mass is 19.1. The van der Waals surface area contributed by atoms with Crippen LogP contribution < -0.4 is 10.5 Å². The molecule has 1 amide bonds. The lowest BCUT2D eigenvalue weighted by Crippen LogP contribution is -2.55. The number of aromatic nitrogens is 1. The Morgan fingerprint density at radius 3 is 2.46 bits per heavy atom. The Labute approximate surface area is 142 Å². The molecule has 2 fully saturated rings. The predicted molar refractivity (Wildman–Crippen MR) is 88.9 cm³/mol. The lowest BCUT2D eigenvalue weighted by atomic mass is 9.97. The number of hydrogen-bond donors (Lipinski definition) is 1. The van der Waals surface area contributed by atoms with Crippen LogP contribution in [0.4, 0.5) is 4.39 Å². The number of likely N-dealkylation sites (tertiary alicyclic amines) is 1. The molecule has 1 saturated heterocycles. The number of hydrogen-bond acceptors (Lipinski definition) is 4. The second-order valence-corrected chi connectivity index (χ2v) is 7.85. The molecular formula is C18H26FN3O2. The summed E-state index contributed by atoms with van der Waals surface area (Å²) in [5, 5.41) is 0. The summed E-state index contributed by atoms with van der Waals surface area (Å²) in [4.78, 5) is 18.0. The van der Waals surface area contributed by atoms with E-state index in [1.165, 1.54) is 12.3 Å². The smallest absolute Gasteiger partial charge is 0.221 e. The Kier molecular flexibility index (Phi) is 4.06. The largest absolute Gasteiger partial charge is 0.476 e. The highest BCUT2D eigenvalue weighted by molar-refractivity contribution is 5.81. The maximum Gasteiger partial charge on any atom is 0.221 e. The lowest BCUT2D eigenvalue weighted by Gasteiger charge is -2.43. The lowest BCUT2D eigenvalue weighted by molar-refractivity contribution is -0.121. The van der Waals surface area contributed by atoms with E-state index in [1.807, 2.05) is 0 Å². The summed E-state index contributed by atoms with van der Waals surface area (Å²) < 4.78 is 19.0. The minimum atomic E-state index is -0.363. The zero-order valence-corrected chi connectivity index (χ0v) is 14.9. The van der Waals surface area contributed by atoms with Crippen LogP contribution in [0.15, 0.2) is 12.3 Å². The third-order valence-corrected chi connectivity index (χ3v) is 5.71. The molecule has 5 nitrogen and oxygen atoms in total. The van der Waals surface area contributed by atoms with Crippen molar-refractivity contribution < 1.29 is 13.9 Å². The topological polar surface area (TPSA) is 68.4 Å². The molecule has 0 bridgehead atoms. The van der Waals surface area contributed by atoms with E-state index in [4.69, 9.17) is 10.5 Å². The maximum absolute atomic E-state index is 13.2. The van der Waals surface area contributed by atoms with E-state index in [2.05, 4.69) is 37.6 Å². The van der Waals surface area contributed by atoms with Gasteiger partial charge in [-0.1, -0.05) is 0 Å². The second-order valence-electron chi connectivity index (χ2n) is 7.85. The Bertz CT molecular complexity index is 648. The number of carbonyl (C=O) groups excluding carboxylic acids is 1. The average Bonchev–Trinajstić information content (AvgIpc) is 3.15. The van der Waals surface area contributed by atoms with E-state index in [-0.39, 0.29) is 35.3 Å². The number of fused-ring (bicyclic) bond motifs is 1. The Balaban J connectivity index is 1.69. The van der Waals surface area contributed by atoms with E-state index < -0.39 is 0 Å². The maximum atomic E-state index is 13.2. The van der Waals surface area contributed by atoms with Crippen LogP contribution in [0.3, 0.4) is 0 Å². The molecule has 1 aromatic rings. The number of aryl methyl sites for hydroxylation is 1. The van der Waals surface area contributed by atoms with Crippen LogP contribution in [-0.2, 0) is 4.79 Å². The highest BCUT2D eigenvalue weighted by Crippen LogP contribution is 2.60. The SMILES string of the molecule is Cc1cc(F)cnc1OCC(C)(C)N1C(C)C2C(C(N)=O)C2C1C. The van der Waals surface area contributed by atoms with Gasteiger partial charge in [0.25, 0.3) is 0 Å². The van der Waals surface area contributed by atoms with Gasteiger partial charge in [0.05, 0.1) is 6.20 Å². The van der Waals surface area contributed by atoms with Crippen LogP contribution in [-0.4, -0.2) is 40.0 Å². The van der Waals surface area contributed by atoms with Crippen LogP contribution >= 0.6 is 0 Å². The molecule has 4 unspecified atom stereocenters. The molecule has 1 saturated carbocycles. The van der Waals surface area contributed by atoms with Crippen molar-refractivity contribution in [2.24, 2.45) is 23.5 Å². The van der Waals surface area contributed by atoms with E-state index >= 15 is 0 Å². The summed E-state index contributed by atoms with van der Waals surface area (Å²) in [6, 6.07) is 1.98. The molecule has 132 valence electrons. The average molecular weight is 335 g/mol. The zero-order chi connectivity index (χ0) is 17.8. The Morgan fingerprint density at radius 2 is 1.96 bits per heavy atom. The summed E-state index contributed by atoms with van der Waals surface area (Å²) in [7, 11) is 0. The van der Waals surface area contributed by atoms with Crippen molar-refractivity contribution in [1.29, 1.82) is 0 Å². The first-order chi connectivity index (χ1) is 11.1. The highest BCUT2D eigenvalue weighted by Gasteiger charge is 2.67. The van der Waals surface area contributed by atoms with Gasteiger partial charge in [0.1, 0.15) is 12.4 Å². The van der Waals surface area contributed by atoms with Gasteiger partial charge in [-0.2, -0.15) is 0 Å². The number of pyridine rings is 1. The Hall–Kier alpha value is -1.69. The van der Waals surface area contributed by atoms with Crippen molar-refractivity contribution >= 4 is 5.91 Å². The minimum Gasteiger partial charge on any atom is -0.476 e. The number of piperidine rings is 1. The van der Waals surface area contributed by atoms with Gasteiger partial charge in [0, 0.05) is 29.1 Å². The van der Waals surface area contributed by atoms with Crippen LogP contribution in [0.2, 0.25) is 0 Å². The second kappa shape index (κ2) is 5.69. The van der Waals surface area contributed by atoms with Crippen LogP contribution in [0.5, 0.6) is 5.88 Å². The van der Waals surface area contributed by atoms with Crippen LogP contribution in [0.25, 0.3) is 0 Å². The number of nitrogens with zero attached hydrogens (tertiary/aromatic N) is 2. The van der Waals surface area contributed by atoms with E-state index in [0.29, 0.717) is 29.9 Å². The van der Waals surface area contributed by atoms with Gasteiger partial charge >= 0.3 is 0 Å². The van der Waals surface area contributed by atoms with Gasteiger partial charge in [0.15, 0.2) is 0 Å². The molecule has 0 spiro atoms. The van der Waals surface area contributed by atoms with Gasteiger partial charge in [-0.25, -0.2) is 9.37 Å². The molecule has 1 aliphatic carbocycles. The molecule has 24 heavy (non-hydrogen) atoms. The summed E-state index contributed by atoms with van der Waals surface area (Å²) in [6.45, 7) is 10.8. The first-order valence-electron chi connectivity index (χ1n) is 8.48. The monoisotopic (exact) mass is 335 g/mol. The molecule has 1 aliphatic heterocycles. The van der Waals surface area contributed by atoms with Crippen LogP contribution in [0, 0.1) is 30.5 Å².